The Bertz CT molecular complexity index is 860. The summed E-state index contributed by atoms with van der Waals surface area (Å²) in [7, 11) is 0. The quantitative estimate of drug-likeness (QED) is 0.333. The van der Waals surface area contributed by atoms with Crippen LogP contribution in [0.3, 0.4) is 0 Å². The molecule has 0 bridgehead atoms. The topological polar surface area (TPSA) is 73.1 Å². The second-order valence-electron chi connectivity index (χ2n) is 5.28. The fraction of sp³-hybridized carbons (Fsp3) is 0.111. The van der Waals surface area contributed by atoms with Crippen molar-refractivity contribution < 1.29 is 9.90 Å². The van der Waals surface area contributed by atoms with Gasteiger partial charge in [-0.3, -0.25) is 4.79 Å². The van der Waals surface area contributed by atoms with Gasteiger partial charge in [0.25, 0.3) is 5.91 Å². The number of nitriles is 1. The van der Waals surface area contributed by atoms with E-state index in [0.717, 1.165) is 11.1 Å². The molecule has 0 fully saturated rings. The van der Waals surface area contributed by atoms with E-state index in [1.54, 1.807) is 12.1 Å². The normalized spacial score (nSPS) is 11.0. The van der Waals surface area contributed by atoms with Crippen molar-refractivity contribution >= 4 is 62.9 Å². The van der Waals surface area contributed by atoms with E-state index in [9.17, 15) is 15.2 Å². The van der Waals surface area contributed by atoms with E-state index in [1.807, 2.05) is 83.3 Å². The van der Waals surface area contributed by atoms with Gasteiger partial charge >= 0.3 is 0 Å². The molecule has 0 radical (unpaired) electrons. The van der Waals surface area contributed by atoms with Crippen molar-refractivity contribution in [1.82, 2.24) is 0 Å². The summed E-state index contributed by atoms with van der Waals surface area (Å²) in [6.07, 6.45) is 1.52. The van der Waals surface area contributed by atoms with Crippen LogP contribution in [-0.2, 0) is 4.79 Å². The zero-order valence-electron chi connectivity index (χ0n) is 13.0. The van der Waals surface area contributed by atoms with E-state index in [-0.39, 0.29) is 11.3 Å². The molecule has 24 heavy (non-hydrogen) atoms. The molecule has 2 aromatic rings. The number of aryl methyl sites for hydroxylation is 2. The van der Waals surface area contributed by atoms with E-state index in [1.165, 1.54) is 6.08 Å². The Labute approximate surface area is 167 Å². The van der Waals surface area contributed by atoms with Gasteiger partial charge in [-0.05, 0) is 100.0 Å². The molecule has 2 rings (SSSR count). The molecule has 2 aromatic carbocycles. The number of benzene rings is 2. The van der Waals surface area contributed by atoms with Crippen LogP contribution in [0.25, 0.3) is 6.08 Å². The average Bonchev–Trinajstić information content (AvgIpc) is 2.53. The second kappa shape index (κ2) is 7.98. The van der Waals surface area contributed by atoms with Gasteiger partial charge in [-0.1, -0.05) is 12.1 Å². The van der Waals surface area contributed by atoms with Crippen molar-refractivity contribution in [1.29, 1.82) is 5.26 Å². The van der Waals surface area contributed by atoms with Gasteiger partial charge in [0, 0.05) is 5.69 Å². The number of nitrogens with one attached hydrogen (secondary N) is 1. The summed E-state index contributed by atoms with van der Waals surface area (Å²) >= 11 is 4.02. The fourth-order valence-electron chi connectivity index (χ4n) is 2.04. The molecule has 0 unspecified atom stereocenters. The van der Waals surface area contributed by atoms with Gasteiger partial charge in [0.2, 0.25) is 0 Å². The van der Waals surface area contributed by atoms with Crippen LogP contribution in [0.5, 0.6) is 5.75 Å². The maximum atomic E-state index is 12.4. The molecule has 0 saturated carbocycles. The van der Waals surface area contributed by atoms with Crippen LogP contribution in [0.1, 0.15) is 16.7 Å². The standard InChI is InChI=1S/C18H14I2N2O2/c1-10-3-4-11(2)16(5-10)22-18(24)13(9-21)6-12-7-14(19)17(23)15(20)8-12/h3-8,23H,1-2H3,(H,22,24)/b13-6+. The lowest BCUT2D eigenvalue weighted by Gasteiger charge is -2.09. The molecular weight excluding hydrogens is 530 g/mol. The highest BCUT2D eigenvalue weighted by Gasteiger charge is 2.12. The summed E-state index contributed by atoms with van der Waals surface area (Å²) in [5.74, 6) is -0.254. The Morgan fingerprint density at radius 2 is 1.83 bits per heavy atom. The van der Waals surface area contributed by atoms with Crippen molar-refractivity contribution in [2.24, 2.45) is 0 Å². The van der Waals surface area contributed by atoms with Crippen LogP contribution in [0.2, 0.25) is 0 Å². The van der Waals surface area contributed by atoms with Crippen LogP contribution in [0.15, 0.2) is 35.9 Å². The molecule has 0 aliphatic heterocycles. The Morgan fingerprint density at radius 1 is 1.21 bits per heavy atom. The summed E-state index contributed by atoms with van der Waals surface area (Å²) < 4.78 is 1.33. The molecule has 0 atom stereocenters. The zero-order chi connectivity index (χ0) is 17.9. The summed E-state index contributed by atoms with van der Waals surface area (Å²) in [4.78, 5) is 12.4. The van der Waals surface area contributed by atoms with Gasteiger partial charge in [0.05, 0.1) is 7.14 Å². The van der Waals surface area contributed by atoms with Gasteiger partial charge in [-0.15, -0.1) is 0 Å². The Morgan fingerprint density at radius 3 is 2.42 bits per heavy atom. The minimum absolute atomic E-state index is 0.00759. The summed E-state index contributed by atoms with van der Waals surface area (Å²) in [5, 5.41) is 21.9. The number of aromatic hydroxyl groups is 1. The van der Waals surface area contributed by atoms with Gasteiger partial charge in [0.15, 0.2) is 0 Å². The number of phenolic OH excluding ortho intramolecular Hbond substituents is 1. The van der Waals surface area contributed by atoms with Gasteiger partial charge in [-0.2, -0.15) is 5.26 Å². The highest BCUT2D eigenvalue weighted by atomic mass is 127. The molecule has 2 N–H and O–H groups in total. The Hall–Kier alpha value is -1.60. The third-order valence-electron chi connectivity index (χ3n) is 3.36. The molecular formula is C18H14I2N2O2. The number of halogens is 2. The molecule has 0 saturated heterocycles. The van der Waals surface area contributed by atoms with Crippen LogP contribution >= 0.6 is 45.2 Å². The van der Waals surface area contributed by atoms with E-state index < -0.39 is 5.91 Å². The third kappa shape index (κ3) is 4.48. The second-order valence-corrected chi connectivity index (χ2v) is 7.60. The maximum Gasteiger partial charge on any atom is 0.266 e. The molecule has 1 amide bonds. The first-order chi connectivity index (χ1) is 11.3. The largest absolute Gasteiger partial charge is 0.506 e. The maximum absolute atomic E-state index is 12.4. The lowest BCUT2D eigenvalue weighted by molar-refractivity contribution is -0.112. The van der Waals surface area contributed by atoms with E-state index >= 15 is 0 Å². The van der Waals surface area contributed by atoms with Gasteiger partial charge < -0.3 is 10.4 Å². The number of amides is 1. The monoisotopic (exact) mass is 544 g/mol. The minimum atomic E-state index is -0.454. The molecule has 0 aliphatic rings. The fourth-order valence-corrected chi connectivity index (χ4v) is 3.86. The molecule has 122 valence electrons. The Balaban J connectivity index is 2.32. The van der Waals surface area contributed by atoms with Crippen molar-refractivity contribution in [3.63, 3.8) is 0 Å². The van der Waals surface area contributed by atoms with E-state index in [4.69, 9.17) is 0 Å². The summed E-state index contributed by atoms with van der Waals surface area (Å²) in [6.45, 7) is 3.84. The number of rotatable bonds is 3. The number of nitrogens with zero attached hydrogens (tertiary/aromatic N) is 1. The lowest BCUT2D eigenvalue weighted by Crippen LogP contribution is -2.14. The predicted octanol–water partition coefficient (Wildman–Crippen LogP) is 4.76. The Kier molecular flexibility index (Phi) is 6.23. The highest BCUT2D eigenvalue weighted by Crippen LogP contribution is 2.28. The van der Waals surface area contributed by atoms with Crippen LogP contribution in [0.4, 0.5) is 5.69 Å². The number of carbonyl (C=O) groups is 1. The average molecular weight is 544 g/mol. The van der Waals surface area contributed by atoms with E-state index in [0.29, 0.717) is 18.4 Å². The number of carbonyl (C=O) groups excluding carboxylic acids is 1. The third-order valence-corrected chi connectivity index (χ3v) is 5.00. The molecule has 6 heteroatoms. The molecule has 4 nitrogen and oxygen atoms in total. The number of anilines is 1. The van der Waals surface area contributed by atoms with Crippen LogP contribution < -0.4 is 5.32 Å². The predicted molar refractivity (Wildman–Crippen MR) is 112 cm³/mol. The van der Waals surface area contributed by atoms with Gasteiger partial charge in [0.1, 0.15) is 17.4 Å². The van der Waals surface area contributed by atoms with Gasteiger partial charge in [-0.25, -0.2) is 0 Å². The van der Waals surface area contributed by atoms with Crippen molar-refractivity contribution in [3.8, 4) is 11.8 Å². The SMILES string of the molecule is Cc1ccc(C)c(NC(=O)/C(C#N)=C/c2cc(I)c(O)c(I)c2)c1. The first kappa shape index (κ1) is 18.7. The summed E-state index contributed by atoms with van der Waals surface area (Å²) in [5.41, 5.74) is 3.35. The zero-order valence-corrected chi connectivity index (χ0v) is 17.3. The smallest absolute Gasteiger partial charge is 0.266 e. The summed E-state index contributed by atoms with van der Waals surface area (Å²) in [6, 6.07) is 11.1. The first-order valence-electron chi connectivity index (χ1n) is 7.00. The number of hydrogen-bond donors (Lipinski definition) is 2. The highest BCUT2D eigenvalue weighted by molar-refractivity contribution is 14.1. The van der Waals surface area contributed by atoms with Crippen molar-refractivity contribution in [3.05, 3.63) is 59.7 Å². The van der Waals surface area contributed by atoms with Crippen LogP contribution in [0, 0.1) is 32.3 Å². The molecule has 0 aliphatic carbocycles. The van der Waals surface area contributed by atoms with Crippen LogP contribution in [-0.4, -0.2) is 11.0 Å². The lowest BCUT2D eigenvalue weighted by atomic mass is 10.1. The number of phenols is 1. The number of hydrogen-bond acceptors (Lipinski definition) is 3. The first-order valence-corrected chi connectivity index (χ1v) is 9.16. The molecule has 0 heterocycles. The minimum Gasteiger partial charge on any atom is -0.506 e. The molecule has 0 aromatic heterocycles. The van der Waals surface area contributed by atoms with Crippen molar-refractivity contribution in [2.45, 2.75) is 13.8 Å². The van der Waals surface area contributed by atoms with Crippen molar-refractivity contribution in [2.75, 3.05) is 5.32 Å². The molecule has 0 spiro atoms. The van der Waals surface area contributed by atoms with E-state index in [2.05, 4.69) is 5.32 Å².